The lowest BCUT2D eigenvalue weighted by molar-refractivity contribution is 0.316. The highest BCUT2D eigenvalue weighted by Crippen LogP contribution is 2.25. The van der Waals surface area contributed by atoms with E-state index >= 15 is 0 Å². The van der Waals surface area contributed by atoms with E-state index in [1.807, 2.05) is 12.3 Å². The minimum atomic E-state index is 0.500. The molecule has 1 aromatic heterocycles. The fraction of sp³-hybridized carbons (Fsp3) is 0.308. The Morgan fingerprint density at radius 2 is 2.44 bits per heavy atom. The second-order valence-corrected chi connectivity index (χ2v) is 4.89. The van der Waals surface area contributed by atoms with E-state index in [1.54, 1.807) is 0 Å². The summed E-state index contributed by atoms with van der Waals surface area (Å²) < 4.78 is 6.58. The molecule has 0 bridgehead atoms. The van der Waals surface area contributed by atoms with Crippen molar-refractivity contribution < 1.29 is 4.74 Å². The number of pyridine rings is 1. The summed E-state index contributed by atoms with van der Waals surface area (Å²) >= 11 is 3.30. The van der Waals surface area contributed by atoms with Gasteiger partial charge in [-0.3, -0.25) is 4.98 Å². The van der Waals surface area contributed by atoms with Crippen LogP contribution >= 0.6 is 15.9 Å². The third-order valence-corrected chi connectivity index (χ3v) is 2.72. The van der Waals surface area contributed by atoms with Gasteiger partial charge in [-0.05, 0) is 37.5 Å². The minimum Gasteiger partial charge on any atom is -0.488 e. The van der Waals surface area contributed by atoms with E-state index in [0.29, 0.717) is 6.61 Å². The summed E-state index contributed by atoms with van der Waals surface area (Å²) in [6.07, 6.45) is 7.18. The molecule has 84 valence electrons. The van der Waals surface area contributed by atoms with E-state index in [2.05, 4.69) is 39.6 Å². The van der Waals surface area contributed by atoms with E-state index in [4.69, 9.17) is 4.74 Å². The van der Waals surface area contributed by atoms with Gasteiger partial charge >= 0.3 is 0 Å². The van der Waals surface area contributed by atoms with Gasteiger partial charge in [-0.1, -0.05) is 22.5 Å². The molecule has 0 spiro atoms. The van der Waals surface area contributed by atoms with Crippen molar-refractivity contribution in [1.29, 1.82) is 0 Å². The van der Waals surface area contributed by atoms with Crippen LogP contribution in [0.2, 0.25) is 0 Å². The van der Waals surface area contributed by atoms with Crippen LogP contribution in [-0.4, -0.2) is 11.6 Å². The summed E-state index contributed by atoms with van der Waals surface area (Å²) in [4.78, 5) is 4.40. The van der Waals surface area contributed by atoms with Gasteiger partial charge in [0.2, 0.25) is 0 Å². The Bertz CT molecular complexity index is 426. The van der Waals surface area contributed by atoms with Gasteiger partial charge in [-0.25, -0.2) is 0 Å². The topological polar surface area (TPSA) is 22.1 Å². The largest absolute Gasteiger partial charge is 0.488 e. The molecule has 0 unspecified atom stereocenters. The predicted octanol–water partition coefficient (Wildman–Crippen LogP) is 3.68. The Morgan fingerprint density at radius 1 is 1.56 bits per heavy atom. The third kappa shape index (κ3) is 2.73. The summed E-state index contributed by atoms with van der Waals surface area (Å²) in [5.74, 6) is 0.932. The zero-order chi connectivity index (χ0) is 11.4. The molecule has 3 heteroatoms. The summed E-state index contributed by atoms with van der Waals surface area (Å²) in [6.45, 7) is 4.27. The molecule has 0 aromatic carbocycles. The van der Waals surface area contributed by atoms with Gasteiger partial charge in [0, 0.05) is 16.2 Å². The Morgan fingerprint density at radius 3 is 3.25 bits per heavy atom. The predicted molar refractivity (Wildman–Crippen MR) is 69.2 cm³/mol. The number of hydrogen-bond acceptors (Lipinski definition) is 2. The summed E-state index contributed by atoms with van der Waals surface area (Å²) in [7, 11) is 0. The molecule has 0 fully saturated rings. The summed E-state index contributed by atoms with van der Waals surface area (Å²) in [5, 5.41) is 0. The summed E-state index contributed by atoms with van der Waals surface area (Å²) in [6, 6.07) is 4.01. The molecular formula is C13H14BrNO. The van der Waals surface area contributed by atoms with Crippen molar-refractivity contribution in [3.05, 3.63) is 46.7 Å². The molecule has 0 saturated heterocycles. The van der Waals surface area contributed by atoms with Crippen molar-refractivity contribution in [3.8, 4) is 0 Å². The molecule has 2 rings (SSSR count). The highest BCUT2D eigenvalue weighted by atomic mass is 79.9. The maximum Gasteiger partial charge on any atom is 0.124 e. The number of allylic oxidation sites excluding steroid dienone is 1. The molecule has 1 aromatic rings. The highest BCUT2D eigenvalue weighted by Gasteiger charge is 2.12. The molecule has 1 aliphatic rings. The standard InChI is InChI=1S/C13H14BrNO/c1-10(14)9-16-13-7-3-2-6-12-11(13)5-4-8-15-12/h4-5,7-8H,1-3,6,9H2. The Hall–Kier alpha value is -1.09. The monoisotopic (exact) mass is 279 g/mol. The molecule has 0 radical (unpaired) electrons. The van der Waals surface area contributed by atoms with E-state index in [-0.39, 0.29) is 0 Å². The van der Waals surface area contributed by atoms with Gasteiger partial charge in [0.15, 0.2) is 0 Å². The molecule has 0 amide bonds. The van der Waals surface area contributed by atoms with Gasteiger partial charge in [-0.15, -0.1) is 0 Å². The van der Waals surface area contributed by atoms with Gasteiger partial charge in [-0.2, -0.15) is 0 Å². The van der Waals surface area contributed by atoms with Crippen LogP contribution in [0.15, 0.2) is 35.5 Å². The van der Waals surface area contributed by atoms with Gasteiger partial charge < -0.3 is 4.74 Å². The smallest absolute Gasteiger partial charge is 0.124 e. The van der Waals surface area contributed by atoms with Crippen LogP contribution in [-0.2, 0) is 11.2 Å². The minimum absolute atomic E-state index is 0.500. The van der Waals surface area contributed by atoms with E-state index in [0.717, 1.165) is 40.8 Å². The van der Waals surface area contributed by atoms with Crippen molar-refractivity contribution in [2.75, 3.05) is 6.61 Å². The second-order valence-electron chi connectivity index (χ2n) is 3.76. The molecule has 1 heterocycles. The van der Waals surface area contributed by atoms with Crippen LogP contribution in [0.3, 0.4) is 0 Å². The molecule has 0 aliphatic heterocycles. The highest BCUT2D eigenvalue weighted by molar-refractivity contribution is 9.11. The Kier molecular flexibility index (Phi) is 3.78. The van der Waals surface area contributed by atoms with Crippen molar-refractivity contribution in [2.45, 2.75) is 19.3 Å². The zero-order valence-corrected chi connectivity index (χ0v) is 10.7. The lowest BCUT2D eigenvalue weighted by Gasteiger charge is -2.11. The molecule has 16 heavy (non-hydrogen) atoms. The van der Waals surface area contributed by atoms with Crippen molar-refractivity contribution >= 4 is 21.7 Å². The van der Waals surface area contributed by atoms with Gasteiger partial charge in [0.25, 0.3) is 0 Å². The number of hydrogen-bond donors (Lipinski definition) is 0. The molecular weight excluding hydrogens is 266 g/mol. The lowest BCUT2D eigenvalue weighted by Crippen LogP contribution is -1.98. The van der Waals surface area contributed by atoms with E-state index < -0.39 is 0 Å². The first-order chi connectivity index (χ1) is 7.77. The van der Waals surface area contributed by atoms with Crippen LogP contribution in [0, 0.1) is 0 Å². The maximum atomic E-state index is 5.73. The first kappa shape index (κ1) is 11.4. The Labute approximate surface area is 104 Å². The lowest BCUT2D eigenvalue weighted by atomic mass is 10.1. The Balaban J connectivity index is 2.24. The van der Waals surface area contributed by atoms with Crippen LogP contribution in [0.4, 0.5) is 0 Å². The first-order valence-corrected chi connectivity index (χ1v) is 6.17. The quantitative estimate of drug-likeness (QED) is 0.842. The van der Waals surface area contributed by atoms with Gasteiger partial charge in [0.1, 0.15) is 12.4 Å². The SMILES string of the molecule is C=C(Br)COC1=CCCCc2ncccc21. The number of nitrogens with zero attached hydrogens (tertiary/aromatic N) is 1. The van der Waals surface area contributed by atoms with Crippen LogP contribution in [0.1, 0.15) is 24.1 Å². The number of halogens is 1. The third-order valence-electron chi connectivity index (χ3n) is 2.49. The van der Waals surface area contributed by atoms with Crippen molar-refractivity contribution in [3.63, 3.8) is 0 Å². The molecule has 2 nitrogen and oxygen atoms in total. The number of rotatable bonds is 3. The first-order valence-electron chi connectivity index (χ1n) is 5.38. The average molecular weight is 280 g/mol. The fourth-order valence-electron chi connectivity index (χ4n) is 1.77. The number of fused-ring (bicyclic) bond motifs is 1. The molecule has 1 aliphatic carbocycles. The number of ether oxygens (including phenoxy) is 1. The van der Waals surface area contributed by atoms with Crippen LogP contribution in [0.5, 0.6) is 0 Å². The number of aryl methyl sites for hydroxylation is 1. The fourth-order valence-corrected chi connectivity index (χ4v) is 1.88. The van der Waals surface area contributed by atoms with Gasteiger partial charge in [0.05, 0.1) is 5.69 Å². The zero-order valence-electron chi connectivity index (χ0n) is 9.08. The number of aromatic nitrogens is 1. The van der Waals surface area contributed by atoms with Crippen molar-refractivity contribution in [2.24, 2.45) is 0 Å². The molecule has 0 N–H and O–H groups in total. The molecule has 0 saturated carbocycles. The average Bonchev–Trinajstić information content (AvgIpc) is 2.48. The van der Waals surface area contributed by atoms with E-state index in [9.17, 15) is 0 Å². The second kappa shape index (κ2) is 5.30. The van der Waals surface area contributed by atoms with Crippen molar-refractivity contribution in [1.82, 2.24) is 4.98 Å². The van der Waals surface area contributed by atoms with Crippen LogP contribution < -0.4 is 0 Å². The van der Waals surface area contributed by atoms with Crippen LogP contribution in [0.25, 0.3) is 5.76 Å². The normalized spacial score (nSPS) is 14.7. The maximum absolute atomic E-state index is 5.73. The summed E-state index contributed by atoms with van der Waals surface area (Å²) in [5.41, 5.74) is 2.25. The molecule has 0 atom stereocenters. The van der Waals surface area contributed by atoms with E-state index in [1.165, 1.54) is 0 Å².